The number of nitrogens with one attached hydrogen (secondary N) is 1. The summed E-state index contributed by atoms with van der Waals surface area (Å²) in [6.07, 6.45) is 1.69. The Kier molecular flexibility index (Phi) is 6.63. The Balaban J connectivity index is 2.48. The molecule has 0 saturated carbocycles. The summed E-state index contributed by atoms with van der Waals surface area (Å²) in [6.45, 7) is 7.94. The van der Waals surface area contributed by atoms with Crippen molar-refractivity contribution in [1.82, 2.24) is 5.32 Å². The van der Waals surface area contributed by atoms with Crippen LogP contribution in [0, 0.1) is 0 Å². The van der Waals surface area contributed by atoms with E-state index in [1.165, 1.54) is 0 Å². The summed E-state index contributed by atoms with van der Waals surface area (Å²) in [5.74, 6) is 0.671. The highest BCUT2D eigenvalue weighted by molar-refractivity contribution is 6.32. The first-order chi connectivity index (χ1) is 8.92. The first kappa shape index (κ1) is 16.3. The minimum atomic E-state index is -0.712. The number of hydrogen-bond donors (Lipinski definition) is 2. The van der Waals surface area contributed by atoms with E-state index < -0.39 is 5.60 Å². The topological polar surface area (TPSA) is 41.5 Å². The van der Waals surface area contributed by atoms with Crippen molar-refractivity contribution in [3.8, 4) is 5.75 Å². The number of aliphatic hydroxyl groups is 1. The molecule has 0 amide bonds. The molecule has 4 heteroatoms. The Labute approximate surface area is 120 Å². The first-order valence-electron chi connectivity index (χ1n) is 6.76. The van der Waals surface area contributed by atoms with E-state index in [2.05, 4.69) is 12.2 Å². The standard InChI is InChI=1S/C15H24ClNO2/c1-4-8-17-11-12-5-6-14(13(16)10-12)19-9-7-15(2,3)18/h5-6,10,17-18H,4,7-9,11H2,1-3H3. The zero-order chi connectivity index (χ0) is 14.3. The van der Waals surface area contributed by atoms with Crippen LogP contribution in [0.15, 0.2) is 18.2 Å². The Morgan fingerprint density at radius 3 is 2.68 bits per heavy atom. The van der Waals surface area contributed by atoms with Gasteiger partial charge in [-0.15, -0.1) is 0 Å². The van der Waals surface area contributed by atoms with E-state index in [0.29, 0.717) is 23.8 Å². The fourth-order valence-corrected chi connectivity index (χ4v) is 1.85. The summed E-state index contributed by atoms with van der Waals surface area (Å²) in [6, 6.07) is 5.81. The van der Waals surface area contributed by atoms with Gasteiger partial charge in [-0.05, 0) is 44.5 Å². The molecule has 0 aliphatic carbocycles. The van der Waals surface area contributed by atoms with E-state index in [9.17, 15) is 5.11 Å². The number of halogens is 1. The van der Waals surface area contributed by atoms with Crippen LogP contribution >= 0.6 is 11.6 Å². The Morgan fingerprint density at radius 2 is 2.11 bits per heavy atom. The quantitative estimate of drug-likeness (QED) is 0.720. The van der Waals surface area contributed by atoms with Crippen molar-refractivity contribution >= 4 is 11.6 Å². The summed E-state index contributed by atoms with van der Waals surface area (Å²) in [4.78, 5) is 0. The molecule has 0 aliphatic rings. The van der Waals surface area contributed by atoms with Gasteiger partial charge in [0.2, 0.25) is 0 Å². The molecule has 0 spiro atoms. The van der Waals surface area contributed by atoms with Crippen molar-refractivity contribution in [2.75, 3.05) is 13.2 Å². The van der Waals surface area contributed by atoms with E-state index in [0.717, 1.165) is 25.1 Å². The van der Waals surface area contributed by atoms with Gasteiger partial charge >= 0.3 is 0 Å². The molecule has 3 nitrogen and oxygen atoms in total. The molecule has 0 atom stereocenters. The van der Waals surface area contributed by atoms with E-state index >= 15 is 0 Å². The lowest BCUT2D eigenvalue weighted by atomic mass is 10.1. The van der Waals surface area contributed by atoms with Crippen LogP contribution in [0.25, 0.3) is 0 Å². The van der Waals surface area contributed by atoms with Gasteiger partial charge in [-0.2, -0.15) is 0 Å². The second-order valence-corrected chi connectivity index (χ2v) is 5.76. The predicted molar refractivity (Wildman–Crippen MR) is 79.9 cm³/mol. The fraction of sp³-hybridized carbons (Fsp3) is 0.600. The third kappa shape index (κ3) is 6.81. The average molecular weight is 286 g/mol. The maximum Gasteiger partial charge on any atom is 0.137 e. The lowest BCUT2D eigenvalue weighted by molar-refractivity contribution is 0.0553. The van der Waals surface area contributed by atoms with Gasteiger partial charge in [-0.1, -0.05) is 24.6 Å². The molecule has 0 aliphatic heterocycles. The predicted octanol–water partition coefficient (Wildman–Crippen LogP) is 3.38. The fourth-order valence-electron chi connectivity index (χ4n) is 1.59. The number of ether oxygens (including phenoxy) is 1. The maximum absolute atomic E-state index is 9.61. The Hall–Kier alpha value is -0.770. The molecule has 0 saturated heterocycles. The van der Waals surface area contributed by atoms with Gasteiger partial charge in [0.1, 0.15) is 5.75 Å². The smallest absolute Gasteiger partial charge is 0.137 e. The van der Waals surface area contributed by atoms with Crippen LogP contribution in [0.2, 0.25) is 5.02 Å². The van der Waals surface area contributed by atoms with E-state index in [1.54, 1.807) is 13.8 Å². The van der Waals surface area contributed by atoms with Crippen molar-refractivity contribution in [3.05, 3.63) is 28.8 Å². The number of benzene rings is 1. The number of hydrogen-bond acceptors (Lipinski definition) is 3. The minimum absolute atomic E-state index is 0.455. The van der Waals surface area contributed by atoms with E-state index in [1.807, 2.05) is 18.2 Å². The van der Waals surface area contributed by atoms with Gasteiger partial charge in [0.05, 0.1) is 17.2 Å². The lowest BCUT2D eigenvalue weighted by Gasteiger charge is -2.17. The monoisotopic (exact) mass is 285 g/mol. The van der Waals surface area contributed by atoms with Crippen LogP contribution in [0.3, 0.4) is 0 Å². The van der Waals surface area contributed by atoms with Gasteiger partial charge in [0.15, 0.2) is 0 Å². The van der Waals surface area contributed by atoms with Crippen molar-refractivity contribution in [3.63, 3.8) is 0 Å². The summed E-state index contributed by atoms with van der Waals surface area (Å²) >= 11 is 6.18. The third-order valence-corrected chi connectivity index (χ3v) is 3.02. The first-order valence-corrected chi connectivity index (χ1v) is 7.14. The molecule has 1 aromatic carbocycles. The SMILES string of the molecule is CCCNCc1ccc(OCCC(C)(C)O)c(Cl)c1. The highest BCUT2D eigenvalue weighted by Crippen LogP contribution is 2.26. The van der Waals surface area contributed by atoms with Crippen LogP contribution in [-0.2, 0) is 6.54 Å². The van der Waals surface area contributed by atoms with Gasteiger partial charge in [-0.25, -0.2) is 0 Å². The summed E-state index contributed by atoms with van der Waals surface area (Å²) in [5.41, 5.74) is 0.435. The van der Waals surface area contributed by atoms with Crippen LogP contribution in [-0.4, -0.2) is 23.9 Å². The molecule has 0 bridgehead atoms. The second-order valence-electron chi connectivity index (χ2n) is 5.35. The number of rotatable bonds is 8. The normalized spacial score (nSPS) is 11.6. The Morgan fingerprint density at radius 1 is 1.37 bits per heavy atom. The molecular weight excluding hydrogens is 262 g/mol. The molecule has 19 heavy (non-hydrogen) atoms. The van der Waals surface area contributed by atoms with Crippen LogP contribution < -0.4 is 10.1 Å². The molecule has 0 aromatic heterocycles. The van der Waals surface area contributed by atoms with Crippen molar-refractivity contribution in [2.24, 2.45) is 0 Å². The molecule has 0 heterocycles. The highest BCUT2D eigenvalue weighted by atomic mass is 35.5. The molecule has 1 aromatic rings. The minimum Gasteiger partial charge on any atom is -0.492 e. The van der Waals surface area contributed by atoms with E-state index in [4.69, 9.17) is 16.3 Å². The van der Waals surface area contributed by atoms with Gasteiger partial charge < -0.3 is 15.2 Å². The van der Waals surface area contributed by atoms with Crippen molar-refractivity contribution < 1.29 is 9.84 Å². The summed E-state index contributed by atoms with van der Waals surface area (Å²) in [7, 11) is 0. The molecule has 0 unspecified atom stereocenters. The molecule has 108 valence electrons. The molecule has 0 fully saturated rings. The lowest BCUT2D eigenvalue weighted by Crippen LogP contribution is -2.21. The average Bonchev–Trinajstić information content (AvgIpc) is 2.31. The zero-order valence-corrected chi connectivity index (χ0v) is 12.8. The molecular formula is C15H24ClNO2. The highest BCUT2D eigenvalue weighted by Gasteiger charge is 2.12. The van der Waals surface area contributed by atoms with Gasteiger partial charge in [0, 0.05) is 13.0 Å². The van der Waals surface area contributed by atoms with Crippen LogP contribution in [0.1, 0.15) is 39.2 Å². The van der Waals surface area contributed by atoms with Crippen LogP contribution in [0.4, 0.5) is 0 Å². The van der Waals surface area contributed by atoms with Gasteiger partial charge in [0.25, 0.3) is 0 Å². The zero-order valence-electron chi connectivity index (χ0n) is 12.0. The maximum atomic E-state index is 9.61. The third-order valence-electron chi connectivity index (χ3n) is 2.72. The molecule has 0 radical (unpaired) electrons. The van der Waals surface area contributed by atoms with Gasteiger partial charge in [-0.3, -0.25) is 0 Å². The van der Waals surface area contributed by atoms with Crippen molar-refractivity contribution in [1.29, 1.82) is 0 Å². The molecule has 2 N–H and O–H groups in total. The summed E-state index contributed by atoms with van der Waals surface area (Å²) in [5, 5.41) is 13.6. The Bertz CT molecular complexity index is 388. The largest absolute Gasteiger partial charge is 0.492 e. The van der Waals surface area contributed by atoms with Crippen LogP contribution in [0.5, 0.6) is 5.75 Å². The molecule has 1 rings (SSSR count). The van der Waals surface area contributed by atoms with E-state index in [-0.39, 0.29) is 0 Å². The summed E-state index contributed by atoms with van der Waals surface area (Å²) < 4.78 is 5.58. The van der Waals surface area contributed by atoms with Crippen molar-refractivity contribution in [2.45, 2.75) is 45.8 Å². The second kappa shape index (κ2) is 7.73.